The monoisotopic (exact) mass is 315 g/mol. The van der Waals surface area contributed by atoms with E-state index in [-0.39, 0.29) is 5.91 Å². The lowest BCUT2D eigenvalue weighted by Gasteiger charge is -2.29. The van der Waals surface area contributed by atoms with Crippen LogP contribution in [-0.2, 0) is 4.79 Å². The van der Waals surface area contributed by atoms with Crippen LogP contribution in [0.1, 0.15) is 38.7 Å². The highest BCUT2D eigenvalue weighted by molar-refractivity contribution is 6.02. The van der Waals surface area contributed by atoms with Gasteiger partial charge in [0.15, 0.2) is 0 Å². The van der Waals surface area contributed by atoms with Gasteiger partial charge >= 0.3 is 0 Å². The van der Waals surface area contributed by atoms with Gasteiger partial charge in [-0.1, -0.05) is 30.3 Å². The Kier molecular flexibility index (Phi) is 4.50. The molecule has 1 amide bonds. The second-order valence-electron chi connectivity index (χ2n) is 7.13. The van der Waals surface area contributed by atoms with Crippen molar-refractivity contribution in [1.29, 1.82) is 0 Å². The van der Waals surface area contributed by atoms with E-state index >= 15 is 0 Å². The summed E-state index contributed by atoms with van der Waals surface area (Å²) in [4.78, 5) is 14.6. The van der Waals surface area contributed by atoms with Crippen molar-refractivity contribution in [1.82, 2.24) is 9.91 Å². The molecular weight excluding hydrogens is 290 g/mol. The molecule has 0 saturated heterocycles. The summed E-state index contributed by atoms with van der Waals surface area (Å²) >= 11 is 0. The molecular formula is C18H25N3O2. The maximum atomic E-state index is 12.5. The SMILES string of the molecule is CC(C)(O)CN(CC(=O)N1CCC(c2ccccc2)=N1)C1CC1. The lowest BCUT2D eigenvalue weighted by Crippen LogP contribution is -2.45. The number of carbonyl (C=O) groups excluding carboxylic acids is 1. The van der Waals surface area contributed by atoms with Crippen molar-refractivity contribution in [3.63, 3.8) is 0 Å². The summed E-state index contributed by atoms with van der Waals surface area (Å²) in [5, 5.41) is 16.1. The Bertz CT molecular complexity index is 588. The second-order valence-corrected chi connectivity index (χ2v) is 7.13. The fourth-order valence-corrected chi connectivity index (χ4v) is 2.98. The van der Waals surface area contributed by atoms with E-state index in [0.29, 0.717) is 25.7 Å². The molecule has 1 aliphatic heterocycles. The molecule has 0 atom stereocenters. The van der Waals surface area contributed by atoms with Crippen LogP contribution >= 0.6 is 0 Å². The highest BCUT2D eigenvalue weighted by atomic mass is 16.3. The lowest BCUT2D eigenvalue weighted by atomic mass is 10.1. The van der Waals surface area contributed by atoms with E-state index in [4.69, 9.17) is 0 Å². The standard InChI is InChI=1S/C18H25N3O2/c1-18(2,23)13-20(15-8-9-15)12-17(22)21-11-10-16(19-21)14-6-4-3-5-7-14/h3-7,15,23H,8-13H2,1-2H3. The Morgan fingerprint density at radius 2 is 2.04 bits per heavy atom. The van der Waals surface area contributed by atoms with Crippen molar-refractivity contribution in [2.24, 2.45) is 5.10 Å². The van der Waals surface area contributed by atoms with Crippen LogP contribution in [0.4, 0.5) is 0 Å². The Hall–Kier alpha value is -1.72. The second kappa shape index (κ2) is 6.42. The van der Waals surface area contributed by atoms with Gasteiger partial charge in [-0.2, -0.15) is 5.10 Å². The van der Waals surface area contributed by atoms with Crippen LogP contribution < -0.4 is 0 Å². The minimum Gasteiger partial charge on any atom is -0.389 e. The average Bonchev–Trinajstić information content (AvgIpc) is 3.23. The molecule has 1 fully saturated rings. The zero-order chi connectivity index (χ0) is 16.4. The van der Waals surface area contributed by atoms with Crippen molar-refractivity contribution >= 4 is 11.6 Å². The van der Waals surface area contributed by atoms with Crippen molar-refractivity contribution in [3.8, 4) is 0 Å². The number of amides is 1. The fraction of sp³-hybridized carbons (Fsp3) is 0.556. The number of hydrogen-bond acceptors (Lipinski definition) is 4. The third-order valence-electron chi connectivity index (χ3n) is 4.19. The molecule has 1 aliphatic carbocycles. The predicted octanol–water partition coefficient (Wildman–Crippen LogP) is 1.86. The van der Waals surface area contributed by atoms with E-state index in [1.807, 2.05) is 30.3 Å². The smallest absolute Gasteiger partial charge is 0.256 e. The molecule has 1 heterocycles. The molecule has 1 N–H and O–H groups in total. The van der Waals surface area contributed by atoms with Crippen molar-refractivity contribution in [3.05, 3.63) is 35.9 Å². The van der Waals surface area contributed by atoms with Crippen LogP contribution in [0.3, 0.4) is 0 Å². The van der Waals surface area contributed by atoms with Gasteiger partial charge in [0, 0.05) is 19.0 Å². The van der Waals surface area contributed by atoms with Gasteiger partial charge in [0.1, 0.15) is 0 Å². The number of hydrazone groups is 1. The molecule has 124 valence electrons. The molecule has 0 bridgehead atoms. The molecule has 1 aromatic carbocycles. The molecule has 1 saturated carbocycles. The number of aliphatic hydroxyl groups is 1. The summed E-state index contributed by atoms with van der Waals surface area (Å²) in [7, 11) is 0. The summed E-state index contributed by atoms with van der Waals surface area (Å²) in [5.74, 6) is 0.0204. The fourth-order valence-electron chi connectivity index (χ4n) is 2.98. The van der Waals surface area contributed by atoms with E-state index in [1.165, 1.54) is 0 Å². The van der Waals surface area contributed by atoms with Crippen LogP contribution in [-0.4, -0.2) is 57.9 Å². The third kappa shape index (κ3) is 4.39. The first-order chi connectivity index (χ1) is 10.9. The number of benzene rings is 1. The van der Waals surface area contributed by atoms with E-state index in [1.54, 1.807) is 18.9 Å². The van der Waals surface area contributed by atoms with Crippen molar-refractivity contribution in [2.75, 3.05) is 19.6 Å². The molecule has 5 nitrogen and oxygen atoms in total. The van der Waals surface area contributed by atoms with Gasteiger partial charge < -0.3 is 5.11 Å². The Morgan fingerprint density at radius 3 is 2.65 bits per heavy atom. The van der Waals surface area contributed by atoms with Crippen molar-refractivity contribution in [2.45, 2.75) is 44.8 Å². The van der Waals surface area contributed by atoms with Gasteiger partial charge in [0.25, 0.3) is 5.91 Å². The Labute approximate surface area is 137 Å². The van der Waals surface area contributed by atoms with Gasteiger partial charge in [-0.3, -0.25) is 9.69 Å². The zero-order valence-corrected chi connectivity index (χ0v) is 13.9. The van der Waals surface area contributed by atoms with Crippen LogP contribution in [0, 0.1) is 0 Å². The molecule has 23 heavy (non-hydrogen) atoms. The maximum Gasteiger partial charge on any atom is 0.256 e. The highest BCUT2D eigenvalue weighted by Crippen LogP contribution is 2.28. The minimum atomic E-state index is -0.785. The first-order valence-corrected chi connectivity index (χ1v) is 8.32. The van der Waals surface area contributed by atoms with Crippen LogP contribution in [0.5, 0.6) is 0 Å². The third-order valence-corrected chi connectivity index (χ3v) is 4.19. The first kappa shape index (κ1) is 16.1. The van der Waals surface area contributed by atoms with Gasteiger partial charge in [-0.25, -0.2) is 5.01 Å². The van der Waals surface area contributed by atoms with E-state index in [0.717, 1.165) is 30.5 Å². The minimum absolute atomic E-state index is 0.0204. The average molecular weight is 315 g/mol. The van der Waals surface area contributed by atoms with Crippen LogP contribution in [0.2, 0.25) is 0 Å². The van der Waals surface area contributed by atoms with Gasteiger partial charge in [0.2, 0.25) is 0 Å². The molecule has 1 aromatic rings. The van der Waals surface area contributed by atoms with Gasteiger partial charge in [0.05, 0.1) is 24.4 Å². The van der Waals surface area contributed by atoms with E-state index in [9.17, 15) is 9.90 Å². The summed E-state index contributed by atoms with van der Waals surface area (Å²) in [5.41, 5.74) is 1.27. The van der Waals surface area contributed by atoms with Gasteiger partial charge in [-0.15, -0.1) is 0 Å². The lowest BCUT2D eigenvalue weighted by molar-refractivity contribution is -0.132. The number of carbonyl (C=O) groups is 1. The Morgan fingerprint density at radius 1 is 1.35 bits per heavy atom. The topological polar surface area (TPSA) is 56.1 Å². The summed E-state index contributed by atoms with van der Waals surface area (Å²) < 4.78 is 0. The number of rotatable bonds is 6. The maximum absolute atomic E-state index is 12.5. The predicted molar refractivity (Wildman–Crippen MR) is 90.2 cm³/mol. The number of hydrogen-bond donors (Lipinski definition) is 1. The Balaban J connectivity index is 1.63. The molecule has 0 unspecified atom stereocenters. The first-order valence-electron chi connectivity index (χ1n) is 8.32. The zero-order valence-electron chi connectivity index (χ0n) is 13.9. The van der Waals surface area contributed by atoms with Crippen LogP contribution in [0.25, 0.3) is 0 Å². The largest absolute Gasteiger partial charge is 0.389 e. The molecule has 0 aromatic heterocycles. The molecule has 3 rings (SSSR count). The molecule has 2 aliphatic rings. The highest BCUT2D eigenvalue weighted by Gasteiger charge is 2.34. The summed E-state index contributed by atoms with van der Waals surface area (Å²) in [6.07, 6.45) is 3.02. The van der Waals surface area contributed by atoms with E-state index < -0.39 is 5.60 Å². The van der Waals surface area contributed by atoms with Crippen LogP contribution in [0.15, 0.2) is 35.4 Å². The molecule has 0 radical (unpaired) electrons. The van der Waals surface area contributed by atoms with Gasteiger partial charge in [-0.05, 0) is 32.3 Å². The summed E-state index contributed by atoms with van der Waals surface area (Å²) in [6, 6.07) is 10.4. The molecule has 5 heteroatoms. The normalized spacial score (nSPS) is 18.4. The van der Waals surface area contributed by atoms with E-state index in [2.05, 4.69) is 10.0 Å². The molecule has 0 spiro atoms. The van der Waals surface area contributed by atoms with Crippen molar-refractivity contribution < 1.29 is 9.90 Å². The quantitative estimate of drug-likeness (QED) is 0.872. The summed E-state index contributed by atoms with van der Waals surface area (Å²) in [6.45, 7) is 5.07. The number of nitrogens with zero attached hydrogens (tertiary/aromatic N) is 3.